The Morgan fingerprint density at radius 3 is 2.88 bits per heavy atom. The van der Waals surface area contributed by atoms with Crippen LogP contribution in [-0.2, 0) is 13.6 Å². The molecule has 0 saturated heterocycles. The van der Waals surface area contributed by atoms with Gasteiger partial charge in [-0.2, -0.15) is 5.10 Å². The number of aromatic nitrogens is 2. The Morgan fingerprint density at radius 1 is 1.47 bits per heavy atom. The first kappa shape index (κ1) is 12.6. The molecule has 17 heavy (non-hydrogen) atoms. The molecule has 0 aliphatic heterocycles. The minimum atomic E-state index is 0.635. The van der Waals surface area contributed by atoms with Gasteiger partial charge in [0.15, 0.2) is 0 Å². The number of aryl methyl sites for hydroxylation is 1. The van der Waals surface area contributed by atoms with Crippen LogP contribution in [-0.4, -0.2) is 34.3 Å². The third-order valence-corrected chi connectivity index (χ3v) is 3.92. The summed E-state index contributed by atoms with van der Waals surface area (Å²) in [4.78, 5) is 2.43. The van der Waals surface area contributed by atoms with Gasteiger partial charge in [0.1, 0.15) is 0 Å². The van der Waals surface area contributed by atoms with E-state index in [0.717, 1.165) is 18.8 Å². The summed E-state index contributed by atoms with van der Waals surface area (Å²) in [5.41, 5.74) is 7.03. The molecule has 4 nitrogen and oxygen atoms in total. The van der Waals surface area contributed by atoms with E-state index in [2.05, 4.69) is 23.1 Å². The highest BCUT2D eigenvalue weighted by molar-refractivity contribution is 4.99. The summed E-state index contributed by atoms with van der Waals surface area (Å²) in [6.07, 6.45) is 7.26. The summed E-state index contributed by atoms with van der Waals surface area (Å²) in [6.45, 7) is 1.75. The second-order valence-corrected chi connectivity index (χ2v) is 5.24. The van der Waals surface area contributed by atoms with E-state index in [1.165, 1.54) is 25.7 Å². The van der Waals surface area contributed by atoms with Crippen LogP contribution in [0.3, 0.4) is 0 Å². The van der Waals surface area contributed by atoms with Crippen molar-refractivity contribution in [1.29, 1.82) is 0 Å². The molecule has 4 heteroatoms. The highest BCUT2D eigenvalue weighted by Crippen LogP contribution is 2.27. The maximum Gasteiger partial charge on any atom is 0.0764 e. The van der Waals surface area contributed by atoms with Gasteiger partial charge in [-0.15, -0.1) is 0 Å². The molecule has 1 aliphatic carbocycles. The quantitative estimate of drug-likeness (QED) is 0.859. The van der Waals surface area contributed by atoms with Crippen LogP contribution < -0.4 is 5.73 Å². The predicted octanol–water partition coefficient (Wildman–Crippen LogP) is 1.37. The Balaban J connectivity index is 1.95. The average molecular weight is 236 g/mol. The zero-order valence-corrected chi connectivity index (χ0v) is 11.0. The minimum absolute atomic E-state index is 0.635. The van der Waals surface area contributed by atoms with Crippen molar-refractivity contribution in [3.8, 4) is 0 Å². The molecule has 1 fully saturated rings. The molecular formula is C13H24N4. The molecule has 0 spiro atoms. The van der Waals surface area contributed by atoms with Crippen LogP contribution in [0.2, 0.25) is 0 Å². The molecule has 2 unspecified atom stereocenters. The molecule has 0 amide bonds. The van der Waals surface area contributed by atoms with Gasteiger partial charge in [0.25, 0.3) is 0 Å². The van der Waals surface area contributed by atoms with Gasteiger partial charge < -0.3 is 5.73 Å². The number of hydrogen-bond acceptors (Lipinski definition) is 3. The van der Waals surface area contributed by atoms with Crippen LogP contribution in [0, 0.1) is 5.92 Å². The maximum absolute atomic E-state index is 5.88. The summed E-state index contributed by atoms with van der Waals surface area (Å²) in [5.74, 6) is 0.664. The van der Waals surface area contributed by atoms with E-state index >= 15 is 0 Å². The highest BCUT2D eigenvalue weighted by Gasteiger charge is 2.27. The van der Waals surface area contributed by atoms with Crippen molar-refractivity contribution in [3.63, 3.8) is 0 Å². The lowest BCUT2D eigenvalue weighted by atomic mass is 9.83. The first-order chi connectivity index (χ1) is 8.20. The lowest BCUT2D eigenvalue weighted by molar-refractivity contribution is 0.126. The predicted molar refractivity (Wildman–Crippen MR) is 69.5 cm³/mol. The van der Waals surface area contributed by atoms with Crippen LogP contribution >= 0.6 is 0 Å². The fraction of sp³-hybridized carbons (Fsp3) is 0.769. The fourth-order valence-electron chi connectivity index (χ4n) is 2.96. The molecule has 2 atom stereocenters. The van der Waals surface area contributed by atoms with E-state index in [-0.39, 0.29) is 0 Å². The number of hydrogen-bond donors (Lipinski definition) is 1. The lowest BCUT2D eigenvalue weighted by Crippen LogP contribution is -2.42. The SMILES string of the molecule is CN(Cc1ccn(C)n1)C1CCCCC1CN. The number of nitrogens with two attached hydrogens (primary N) is 1. The van der Waals surface area contributed by atoms with E-state index in [1.54, 1.807) is 0 Å². The van der Waals surface area contributed by atoms with Crippen LogP contribution in [0.5, 0.6) is 0 Å². The molecular weight excluding hydrogens is 212 g/mol. The van der Waals surface area contributed by atoms with Gasteiger partial charge in [-0.05, 0) is 38.4 Å². The van der Waals surface area contributed by atoms with Crippen LogP contribution in [0.4, 0.5) is 0 Å². The van der Waals surface area contributed by atoms with E-state index in [4.69, 9.17) is 5.73 Å². The Bertz CT molecular complexity index is 347. The molecule has 0 aromatic carbocycles. The van der Waals surface area contributed by atoms with Gasteiger partial charge in [0.05, 0.1) is 5.69 Å². The zero-order valence-electron chi connectivity index (χ0n) is 11.0. The second-order valence-electron chi connectivity index (χ2n) is 5.24. The summed E-state index contributed by atoms with van der Waals surface area (Å²) < 4.78 is 1.87. The molecule has 1 aromatic heterocycles. The van der Waals surface area contributed by atoms with Crippen molar-refractivity contribution in [3.05, 3.63) is 18.0 Å². The first-order valence-electron chi connectivity index (χ1n) is 6.59. The fourth-order valence-corrected chi connectivity index (χ4v) is 2.96. The maximum atomic E-state index is 5.88. The summed E-state index contributed by atoms with van der Waals surface area (Å²) in [5, 5.41) is 4.44. The molecule has 1 aliphatic rings. The normalized spacial score (nSPS) is 25.4. The topological polar surface area (TPSA) is 47.1 Å². The van der Waals surface area contributed by atoms with Gasteiger partial charge in [-0.3, -0.25) is 9.58 Å². The van der Waals surface area contributed by atoms with Gasteiger partial charge in [0.2, 0.25) is 0 Å². The average Bonchev–Trinajstić information content (AvgIpc) is 2.74. The molecule has 96 valence electrons. The van der Waals surface area contributed by atoms with Crippen molar-refractivity contribution >= 4 is 0 Å². The summed E-state index contributed by atoms with van der Waals surface area (Å²) >= 11 is 0. The van der Waals surface area contributed by atoms with Gasteiger partial charge >= 0.3 is 0 Å². The van der Waals surface area contributed by atoms with Crippen molar-refractivity contribution < 1.29 is 0 Å². The molecule has 1 heterocycles. The minimum Gasteiger partial charge on any atom is -0.330 e. The van der Waals surface area contributed by atoms with E-state index in [9.17, 15) is 0 Å². The Kier molecular flexibility index (Phi) is 4.18. The zero-order chi connectivity index (χ0) is 12.3. The molecule has 0 bridgehead atoms. The van der Waals surface area contributed by atoms with Crippen molar-refractivity contribution in [2.24, 2.45) is 18.7 Å². The Hall–Kier alpha value is -0.870. The van der Waals surface area contributed by atoms with Crippen molar-refractivity contribution in [2.75, 3.05) is 13.6 Å². The van der Waals surface area contributed by atoms with Crippen molar-refractivity contribution in [1.82, 2.24) is 14.7 Å². The summed E-state index contributed by atoms with van der Waals surface area (Å²) in [7, 11) is 4.17. The van der Waals surface area contributed by atoms with Gasteiger partial charge in [-0.25, -0.2) is 0 Å². The molecule has 2 rings (SSSR count). The third-order valence-electron chi connectivity index (χ3n) is 3.92. The van der Waals surface area contributed by atoms with Crippen LogP contribution in [0.15, 0.2) is 12.3 Å². The Labute approximate surface area is 104 Å². The lowest BCUT2D eigenvalue weighted by Gasteiger charge is -2.37. The summed E-state index contributed by atoms with van der Waals surface area (Å²) in [6, 6.07) is 2.73. The molecule has 1 aromatic rings. The molecule has 1 saturated carbocycles. The molecule has 0 radical (unpaired) electrons. The molecule has 2 N–H and O–H groups in total. The number of rotatable bonds is 4. The van der Waals surface area contributed by atoms with E-state index < -0.39 is 0 Å². The largest absolute Gasteiger partial charge is 0.330 e. The van der Waals surface area contributed by atoms with E-state index in [0.29, 0.717) is 12.0 Å². The van der Waals surface area contributed by atoms with Crippen molar-refractivity contribution in [2.45, 2.75) is 38.3 Å². The number of nitrogens with zero attached hydrogens (tertiary/aromatic N) is 3. The Morgan fingerprint density at radius 2 is 2.24 bits per heavy atom. The third kappa shape index (κ3) is 3.07. The standard InChI is InChI=1S/C13H24N4/c1-16(10-12-7-8-17(2)15-12)13-6-4-3-5-11(13)9-14/h7-8,11,13H,3-6,9-10,14H2,1-2H3. The highest BCUT2D eigenvalue weighted by atomic mass is 15.3. The second kappa shape index (κ2) is 5.65. The van der Waals surface area contributed by atoms with Crippen LogP contribution in [0.25, 0.3) is 0 Å². The first-order valence-corrected chi connectivity index (χ1v) is 6.59. The monoisotopic (exact) mass is 236 g/mol. The van der Waals surface area contributed by atoms with Gasteiger partial charge in [-0.1, -0.05) is 12.8 Å². The van der Waals surface area contributed by atoms with Gasteiger partial charge in [0, 0.05) is 25.8 Å². The van der Waals surface area contributed by atoms with E-state index in [1.807, 2.05) is 17.9 Å². The van der Waals surface area contributed by atoms with Crippen LogP contribution in [0.1, 0.15) is 31.4 Å². The smallest absolute Gasteiger partial charge is 0.0764 e.